The van der Waals surface area contributed by atoms with Gasteiger partial charge in [0.2, 0.25) is 0 Å². The summed E-state index contributed by atoms with van der Waals surface area (Å²) in [6.07, 6.45) is -9.95. The summed E-state index contributed by atoms with van der Waals surface area (Å²) < 4.78 is 140. The Morgan fingerprint density at radius 1 is 0.500 bits per heavy atom. The van der Waals surface area contributed by atoms with Crippen LogP contribution in [0.5, 0.6) is 23.0 Å². The maximum atomic E-state index is 12.4. The molecule has 3 aromatic rings. The molecule has 0 aliphatic carbocycles. The van der Waals surface area contributed by atoms with Crippen LogP contribution in [0.2, 0.25) is 0 Å². The third-order valence-corrected chi connectivity index (χ3v) is 6.43. The van der Waals surface area contributed by atoms with E-state index in [0.29, 0.717) is 0 Å². The van der Waals surface area contributed by atoms with Gasteiger partial charge in [-0.25, -0.2) is 0 Å². The average molecular weight is 558 g/mol. The van der Waals surface area contributed by atoms with Gasteiger partial charge in [0, 0.05) is 6.07 Å². The normalized spacial score (nSPS) is 12.6. The van der Waals surface area contributed by atoms with E-state index in [-0.39, 0.29) is 0 Å². The van der Waals surface area contributed by atoms with Gasteiger partial charge in [0.25, 0.3) is 0 Å². The van der Waals surface area contributed by atoms with Gasteiger partial charge in [0.1, 0.15) is 32.8 Å². The van der Waals surface area contributed by atoms with Crippen LogP contribution in [0.4, 0.5) is 26.3 Å². The van der Waals surface area contributed by atoms with Gasteiger partial charge < -0.3 is 17.8 Å². The average Bonchev–Trinajstić information content (AvgIpc) is 2.72. The quantitative estimate of drug-likeness (QED) is 0.281. The number of benzene rings is 3. The second-order valence-corrected chi connectivity index (χ2v) is 9.68. The van der Waals surface area contributed by atoms with Crippen LogP contribution in [0.1, 0.15) is 0 Å². The van der Waals surface area contributed by atoms with Crippen LogP contribution in [0.3, 0.4) is 0 Å². The minimum absolute atomic E-state index is 0.410. The van der Waals surface area contributed by atoms with Crippen LogP contribution in [-0.4, -0.2) is 29.6 Å². The first-order valence-electron chi connectivity index (χ1n) is 9.23. The second kappa shape index (κ2) is 9.77. The summed E-state index contributed by atoms with van der Waals surface area (Å²) >= 11 is 0. The van der Waals surface area contributed by atoms with Crippen LogP contribution in [-0.2, 0) is 20.2 Å². The fourth-order valence-electron chi connectivity index (χ4n) is 2.54. The molecule has 0 aliphatic heterocycles. The van der Waals surface area contributed by atoms with Gasteiger partial charge in [0.05, 0.1) is 0 Å². The minimum atomic E-state index is -4.98. The Hall–Kier alpha value is -3.66. The van der Waals surface area contributed by atoms with Crippen molar-refractivity contribution >= 4 is 20.2 Å². The van der Waals surface area contributed by atoms with E-state index in [9.17, 15) is 43.2 Å². The van der Waals surface area contributed by atoms with E-state index < -0.39 is 65.7 Å². The minimum Gasteiger partial charge on any atom is -0.406 e. The lowest BCUT2D eigenvalue weighted by atomic mass is 10.3. The number of ether oxygens (including phenoxy) is 2. The predicted octanol–water partition coefficient (Wildman–Crippen LogP) is 5.02. The van der Waals surface area contributed by atoms with Crippen molar-refractivity contribution < 1.29 is 61.0 Å². The Morgan fingerprint density at radius 2 is 0.833 bits per heavy atom. The predicted molar refractivity (Wildman–Crippen MR) is 108 cm³/mol. The van der Waals surface area contributed by atoms with Crippen molar-refractivity contribution in [2.45, 2.75) is 22.5 Å². The maximum Gasteiger partial charge on any atom is 0.573 e. The highest BCUT2D eigenvalue weighted by molar-refractivity contribution is 7.87. The lowest BCUT2D eigenvalue weighted by Gasteiger charge is -2.12. The van der Waals surface area contributed by atoms with E-state index in [1.807, 2.05) is 0 Å². The van der Waals surface area contributed by atoms with Crippen LogP contribution in [0, 0.1) is 0 Å². The Labute approximate surface area is 199 Å². The van der Waals surface area contributed by atoms with E-state index in [2.05, 4.69) is 9.47 Å². The van der Waals surface area contributed by atoms with Crippen molar-refractivity contribution in [2.75, 3.05) is 0 Å². The monoisotopic (exact) mass is 558 g/mol. The largest absolute Gasteiger partial charge is 0.573 e. The molecule has 0 atom stereocenters. The maximum absolute atomic E-state index is 12.4. The molecule has 3 aromatic carbocycles. The lowest BCUT2D eigenvalue weighted by molar-refractivity contribution is -0.275. The summed E-state index contributed by atoms with van der Waals surface area (Å²) in [6, 6.07) is 10.5. The SMILES string of the molecule is O=S(=O)(Oc1cccc(OS(=O)(=O)c2ccc(OC(F)(F)F)cc2)c1)c1ccc(OC(F)(F)F)cc1. The Morgan fingerprint density at radius 3 is 1.14 bits per heavy atom. The molecule has 0 amide bonds. The van der Waals surface area contributed by atoms with Crippen molar-refractivity contribution in [2.24, 2.45) is 0 Å². The molecule has 8 nitrogen and oxygen atoms in total. The topological polar surface area (TPSA) is 105 Å². The highest BCUT2D eigenvalue weighted by Crippen LogP contribution is 2.29. The number of alkyl halides is 6. The summed E-state index contributed by atoms with van der Waals surface area (Å²) in [4.78, 5) is -1.06. The van der Waals surface area contributed by atoms with E-state index in [4.69, 9.17) is 8.37 Å². The van der Waals surface area contributed by atoms with Gasteiger partial charge in [-0.3, -0.25) is 0 Å². The molecule has 36 heavy (non-hydrogen) atoms. The number of hydrogen-bond donors (Lipinski definition) is 0. The fraction of sp³-hybridized carbons (Fsp3) is 0.100. The van der Waals surface area contributed by atoms with Crippen molar-refractivity contribution in [1.29, 1.82) is 0 Å². The van der Waals surface area contributed by atoms with E-state index >= 15 is 0 Å². The molecule has 0 spiro atoms. The van der Waals surface area contributed by atoms with Crippen molar-refractivity contribution in [3.05, 3.63) is 72.8 Å². The molecule has 0 heterocycles. The summed E-state index contributed by atoms with van der Waals surface area (Å²) in [5.41, 5.74) is 0. The molecular formula is C20H12F6O8S2. The molecule has 194 valence electrons. The smallest absolute Gasteiger partial charge is 0.406 e. The first-order chi connectivity index (χ1) is 16.5. The van der Waals surface area contributed by atoms with Gasteiger partial charge in [-0.2, -0.15) is 16.8 Å². The highest BCUT2D eigenvalue weighted by Gasteiger charge is 2.32. The molecule has 0 aliphatic rings. The molecule has 0 fully saturated rings. The molecule has 0 saturated heterocycles. The van der Waals surface area contributed by atoms with E-state index in [1.54, 1.807) is 0 Å². The fourth-order valence-corrected chi connectivity index (χ4v) is 4.39. The Balaban J connectivity index is 1.73. The van der Waals surface area contributed by atoms with Crippen LogP contribution in [0.15, 0.2) is 82.6 Å². The number of hydrogen-bond acceptors (Lipinski definition) is 8. The zero-order valence-corrected chi connectivity index (χ0v) is 18.9. The number of rotatable bonds is 8. The summed E-state index contributed by atoms with van der Waals surface area (Å²) in [5, 5.41) is 0. The van der Waals surface area contributed by atoms with Crippen molar-refractivity contribution in [3.63, 3.8) is 0 Å². The van der Waals surface area contributed by atoms with Crippen molar-refractivity contribution in [3.8, 4) is 23.0 Å². The van der Waals surface area contributed by atoms with E-state index in [0.717, 1.165) is 66.7 Å². The first kappa shape index (κ1) is 26.9. The molecule has 0 bridgehead atoms. The second-order valence-electron chi connectivity index (χ2n) is 6.59. The van der Waals surface area contributed by atoms with Gasteiger partial charge >= 0.3 is 33.0 Å². The molecule has 0 N–H and O–H groups in total. The molecule has 0 unspecified atom stereocenters. The Bertz CT molecular complexity index is 1310. The molecule has 3 rings (SSSR count). The van der Waals surface area contributed by atoms with Gasteiger partial charge in [-0.05, 0) is 60.7 Å². The summed E-state index contributed by atoms with van der Waals surface area (Å²) in [5.74, 6) is -2.15. The third-order valence-electron chi connectivity index (χ3n) is 3.91. The molecule has 0 saturated carbocycles. The molecular weight excluding hydrogens is 546 g/mol. The molecule has 0 aromatic heterocycles. The van der Waals surface area contributed by atoms with Crippen LogP contribution in [0.25, 0.3) is 0 Å². The van der Waals surface area contributed by atoms with E-state index in [1.165, 1.54) is 6.07 Å². The first-order valence-corrected chi connectivity index (χ1v) is 12.0. The molecule has 0 radical (unpaired) electrons. The van der Waals surface area contributed by atoms with Gasteiger partial charge in [-0.1, -0.05) is 6.07 Å². The summed E-state index contributed by atoms with van der Waals surface area (Å²) in [6.45, 7) is 0. The lowest BCUT2D eigenvalue weighted by Crippen LogP contribution is -2.17. The van der Waals surface area contributed by atoms with Gasteiger partial charge in [0.15, 0.2) is 0 Å². The number of halogens is 6. The molecule has 16 heteroatoms. The van der Waals surface area contributed by atoms with Crippen LogP contribution < -0.4 is 17.8 Å². The third kappa shape index (κ3) is 7.67. The van der Waals surface area contributed by atoms with Crippen molar-refractivity contribution in [1.82, 2.24) is 0 Å². The highest BCUT2D eigenvalue weighted by atomic mass is 32.2. The van der Waals surface area contributed by atoms with Gasteiger partial charge in [-0.15, -0.1) is 26.3 Å². The standard InChI is InChI=1S/C20H12F6O8S2/c21-19(22,23)31-13-4-8-17(9-5-13)35(27,28)33-15-2-1-3-16(12-15)34-36(29,30)18-10-6-14(7-11-18)32-20(24,25)26/h1-12H. The Kier molecular flexibility index (Phi) is 7.31. The zero-order chi connectivity index (χ0) is 26.8. The zero-order valence-electron chi connectivity index (χ0n) is 17.3. The summed E-state index contributed by atoms with van der Waals surface area (Å²) in [7, 11) is -9.11. The van der Waals surface area contributed by atoms with Crippen LogP contribution >= 0.6 is 0 Å².